The second-order valence-corrected chi connectivity index (χ2v) is 12.2. The third-order valence-corrected chi connectivity index (χ3v) is 8.62. The normalized spacial score (nSPS) is 13.3. The first-order chi connectivity index (χ1) is 20.9. The smallest absolute Gasteiger partial charge is 0.299 e. The molecule has 0 bridgehead atoms. The van der Waals surface area contributed by atoms with Crippen LogP contribution < -0.4 is 5.56 Å². The first-order valence-electron chi connectivity index (χ1n) is 13.2. The van der Waals surface area contributed by atoms with Crippen molar-refractivity contribution in [2.75, 3.05) is 0 Å². The molecule has 5 aromatic rings. The second kappa shape index (κ2) is 12.5. The van der Waals surface area contributed by atoms with Crippen LogP contribution in [0.4, 0.5) is 11.4 Å². The number of H-pyrrole nitrogens is 1. The minimum atomic E-state index is -4.65. The third kappa shape index (κ3) is 6.25. The zero-order valence-electron chi connectivity index (χ0n) is 23.3. The van der Waals surface area contributed by atoms with E-state index in [9.17, 15) is 28.0 Å². The Kier molecular flexibility index (Phi) is 8.89. The van der Waals surface area contributed by atoms with Gasteiger partial charge in [-0.05, 0) is 54.3 Å². The Labute approximate surface area is 262 Å². The zero-order chi connectivity index (χ0) is 31.8. The number of aromatic nitrogens is 2. The minimum Gasteiger partial charge on any atom is -0.384 e. The molecule has 2 atom stereocenters. The van der Waals surface area contributed by atoms with Crippen molar-refractivity contribution in [3.63, 3.8) is 0 Å². The first kappa shape index (κ1) is 31.3. The fourth-order valence-corrected chi connectivity index (χ4v) is 6.13. The van der Waals surface area contributed by atoms with E-state index in [0.29, 0.717) is 39.2 Å². The molecule has 0 radical (unpaired) electrons. The van der Waals surface area contributed by atoms with E-state index in [2.05, 4.69) is 15.3 Å². The van der Waals surface area contributed by atoms with Crippen LogP contribution in [-0.2, 0) is 10.1 Å². The summed E-state index contributed by atoms with van der Waals surface area (Å²) >= 11 is 12.3. The van der Waals surface area contributed by atoms with Gasteiger partial charge in [0.15, 0.2) is 5.69 Å². The molecule has 44 heavy (non-hydrogen) atoms. The van der Waals surface area contributed by atoms with Gasteiger partial charge in [0.05, 0.1) is 27.1 Å². The Morgan fingerprint density at radius 3 is 1.93 bits per heavy atom. The van der Waals surface area contributed by atoms with Gasteiger partial charge in [0, 0.05) is 5.56 Å². The number of nitrogens with zero attached hydrogens (tertiary/aromatic N) is 3. The van der Waals surface area contributed by atoms with Crippen LogP contribution in [0.15, 0.2) is 105 Å². The van der Waals surface area contributed by atoms with Gasteiger partial charge in [-0.25, -0.2) is 4.68 Å². The van der Waals surface area contributed by atoms with Gasteiger partial charge in [0.25, 0.3) is 15.7 Å². The number of aliphatic hydroxyl groups is 2. The quantitative estimate of drug-likeness (QED) is 0.105. The van der Waals surface area contributed by atoms with Crippen molar-refractivity contribution in [3.8, 4) is 5.69 Å². The number of benzene rings is 4. The molecule has 1 aromatic heterocycles. The number of aliphatic hydroxyl groups excluding tert-OH is 2. The van der Waals surface area contributed by atoms with Crippen LogP contribution >= 0.6 is 23.2 Å². The number of hydrogen-bond acceptors (Lipinski definition) is 7. The maximum absolute atomic E-state index is 13.4. The van der Waals surface area contributed by atoms with Gasteiger partial charge in [0.2, 0.25) is 0 Å². The molecule has 2 unspecified atom stereocenters. The highest BCUT2D eigenvalue weighted by molar-refractivity contribution is 7.86. The number of rotatable bonds is 8. The van der Waals surface area contributed by atoms with Gasteiger partial charge in [0.1, 0.15) is 17.1 Å². The fraction of sp³-hybridized carbons (Fsp3) is 0.129. The molecule has 226 valence electrons. The van der Waals surface area contributed by atoms with E-state index in [0.717, 1.165) is 16.8 Å². The molecule has 0 amide bonds. The van der Waals surface area contributed by atoms with Gasteiger partial charge < -0.3 is 10.2 Å². The van der Waals surface area contributed by atoms with Crippen LogP contribution in [0.25, 0.3) is 5.69 Å². The first-order valence-corrected chi connectivity index (χ1v) is 15.4. The van der Waals surface area contributed by atoms with Gasteiger partial charge in [-0.3, -0.25) is 14.4 Å². The SMILES string of the molecule is Cc1cc(C(O)c2ccccc2)cc(C(O)c2ccccc2)c1N=Nc1c(C)[nH]n(-c2cc(Cl)c(S(=O)(=O)O)cc2Cl)c1=O. The van der Waals surface area contributed by atoms with Gasteiger partial charge in [-0.15, -0.1) is 10.2 Å². The Hall–Kier alpha value is -4.10. The summed E-state index contributed by atoms with van der Waals surface area (Å²) in [7, 11) is -4.65. The summed E-state index contributed by atoms with van der Waals surface area (Å²) in [5, 5.41) is 33.5. The predicted molar refractivity (Wildman–Crippen MR) is 167 cm³/mol. The van der Waals surface area contributed by atoms with E-state index in [4.69, 9.17) is 23.2 Å². The van der Waals surface area contributed by atoms with E-state index in [1.54, 1.807) is 62.4 Å². The number of nitrogens with one attached hydrogen (secondary N) is 1. The Morgan fingerprint density at radius 2 is 1.34 bits per heavy atom. The van der Waals surface area contributed by atoms with E-state index in [1.165, 1.54) is 0 Å². The van der Waals surface area contributed by atoms with E-state index in [-0.39, 0.29) is 21.4 Å². The number of hydrogen-bond donors (Lipinski definition) is 4. The summed E-state index contributed by atoms with van der Waals surface area (Å²) in [6.45, 7) is 3.35. The molecule has 0 saturated carbocycles. The van der Waals surface area contributed by atoms with Crippen LogP contribution in [0.1, 0.15) is 45.7 Å². The van der Waals surface area contributed by atoms with Crippen LogP contribution in [0, 0.1) is 13.8 Å². The largest absolute Gasteiger partial charge is 0.384 e. The van der Waals surface area contributed by atoms with E-state index < -0.39 is 32.8 Å². The topological polar surface area (TPSA) is 157 Å². The molecule has 0 saturated heterocycles. The molecule has 13 heteroatoms. The molecule has 0 spiro atoms. The number of aryl methyl sites for hydroxylation is 2. The summed E-state index contributed by atoms with van der Waals surface area (Å²) in [4.78, 5) is 12.8. The Morgan fingerprint density at radius 1 is 0.773 bits per heavy atom. The molecule has 0 fully saturated rings. The van der Waals surface area contributed by atoms with Crippen molar-refractivity contribution < 1.29 is 23.2 Å². The zero-order valence-corrected chi connectivity index (χ0v) is 25.6. The highest BCUT2D eigenvalue weighted by Crippen LogP contribution is 2.38. The average Bonchev–Trinajstić information content (AvgIpc) is 3.28. The fourth-order valence-electron chi connectivity index (χ4n) is 4.79. The number of halogens is 2. The van der Waals surface area contributed by atoms with Crippen LogP contribution in [0.2, 0.25) is 10.0 Å². The lowest BCUT2D eigenvalue weighted by atomic mass is 9.92. The predicted octanol–water partition coefficient (Wildman–Crippen LogP) is 6.91. The summed E-state index contributed by atoms with van der Waals surface area (Å²) in [6, 6.07) is 23.5. The third-order valence-electron chi connectivity index (χ3n) is 7.00. The molecule has 1 heterocycles. The average molecular weight is 654 g/mol. The lowest BCUT2D eigenvalue weighted by molar-refractivity contribution is 0.214. The van der Waals surface area contributed by atoms with Crippen LogP contribution in [0.3, 0.4) is 0 Å². The molecule has 5 rings (SSSR count). The van der Waals surface area contributed by atoms with Crippen molar-refractivity contribution in [3.05, 3.63) is 139 Å². The van der Waals surface area contributed by atoms with Gasteiger partial charge >= 0.3 is 0 Å². The van der Waals surface area contributed by atoms with Crippen LogP contribution in [-0.4, -0.2) is 33.0 Å². The lowest BCUT2D eigenvalue weighted by Gasteiger charge is -2.19. The van der Waals surface area contributed by atoms with E-state index >= 15 is 0 Å². The molecule has 4 N–H and O–H groups in total. The minimum absolute atomic E-state index is 0.0224. The van der Waals surface area contributed by atoms with Crippen molar-refractivity contribution >= 4 is 44.7 Å². The molecule has 10 nitrogen and oxygen atoms in total. The maximum atomic E-state index is 13.4. The summed E-state index contributed by atoms with van der Waals surface area (Å²) < 4.78 is 33.6. The Balaban J connectivity index is 1.60. The molecular formula is C31H26Cl2N4O6S. The molecule has 0 aliphatic carbocycles. The number of azo groups is 1. The summed E-state index contributed by atoms with van der Waals surface area (Å²) in [5.74, 6) is 0. The van der Waals surface area contributed by atoms with Gasteiger partial charge in [-0.1, -0.05) is 89.9 Å². The maximum Gasteiger partial charge on any atom is 0.299 e. The Bertz CT molecular complexity index is 2050. The molecule has 0 aliphatic rings. The second-order valence-electron chi connectivity index (χ2n) is 10.0. The molecular weight excluding hydrogens is 627 g/mol. The monoisotopic (exact) mass is 652 g/mol. The molecule has 4 aromatic carbocycles. The van der Waals surface area contributed by atoms with Crippen LogP contribution in [0.5, 0.6) is 0 Å². The van der Waals surface area contributed by atoms with Crippen molar-refractivity contribution in [1.82, 2.24) is 9.78 Å². The van der Waals surface area contributed by atoms with Crippen molar-refractivity contribution in [2.24, 2.45) is 10.2 Å². The van der Waals surface area contributed by atoms with Crippen molar-refractivity contribution in [1.29, 1.82) is 0 Å². The van der Waals surface area contributed by atoms with Crippen molar-refractivity contribution in [2.45, 2.75) is 31.0 Å². The lowest BCUT2D eigenvalue weighted by Crippen LogP contribution is -2.15. The van der Waals surface area contributed by atoms with Gasteiger partial charge in [-0.2, -0.15) is 8.42 Å². The molecule has 0 aliphatic heterocycles. The standard InChI is InChI=1S/C31H26Cl2N4O6S/c1-17-13-21(29(38)19-9-5-3-6-10-19)14-22(30(39)20-11-7-4-8-12-20)27(17)34-35-28-18(2)36-37(31(28)40)25-15-24(33)26(16-23(25)32)44(41,42)43/h3-16,29-30,36,38-39H,1-2H3,(H,41,42,43). The summed E-state index contributed by atoms with van der Waals surface area (Å²) in [6.07, 6.45) is -2.09. The highest BCUT2D eigenvalue weighted by atomic mass is 35.5. The van der Waals surface area contributed by atoms with E-state index in [1.807, 2.05) is 24.3 Å². The highest BCUT2D eigenvalue weighted by Gasteiger charge is 2.23. The number of aromatic amines is 1. The summed E-state index contributed by atoms with van der Waals surface area (Å²) in [5.41, 5.74) is 2.66.